The fraction of sp³-hybridized carbons (Fsp3) is 0.0714. The maximum atomic E-state index is 12.9. The molecule has 5 heteroatoms. The molecule has 1 N–H and O–H groups in total. The molecular formula is C14H10BrClFNO. The van der Waals surface area contributed by atoms with Crippen molar-refractivity contribution in [2.24, 2.45) is 0 Å². The van der Waals surface area contributed by atoms with Crippen LogP contribution in [-0.2, 0) is 5.88 Å². The summed E-state index contributed by atoms with van der Waals surface area (Å²) in [6.45, 7) is 0. The van der Waals surface area contributed by atoms with Gasteiger partial charge in [-0.25, -0.2) is 4.39 Å². The molecule has 0 saturated carbocycles. The number of anilines is 1. The van der Waals surface area contributed by atoms with Crippen LogP contribution in [0.15, 0.2) is 46.9 Å². The molecule has 0 heterocycles. The zero-order valence-electron chi connectivity index (χ0n) is 9.79. The molecule has 0 aliphatic heterocycles. The van der Waals surface area contributed by atoms with Gasteiger partial charge in [0.1, 0.15) is 5.82 Å². The largest absolute Gasteiger partial charge is 0.322 e. The predicted octanol–water partition coefficient (Wildman–Crippen LogP) is 4.58. The maximum Gasteiger partial charge on any atom is 0.256 e. The number of alkyl halides is 1. The van der Waals surface area contributed by atoms with Crippen molar-refractivity contribution < 1.29 is 9.18 Å². The summed E-state index contributed by atoms with van der Waals surface area (Å²) in [6.07, 6.45) is 0. The molecule has 0 atom stereocenters. The topological polar surface area (TPSA) is 29.1 Å². The Kier molecular flexibility index (Phi) is 4.56. The van der Waals surface area contributed by atoms with Gasteiger partial charge in [-0.15, -0.1) is 11.6 Å². The Morgan fingerprint density at radius 1 is 1.21 bits per heavy atom. The Bertz CT molecular complexity index is 601. The van der Waals surface area contributed by atoms with Crippen molar-refractivity contribution in [3.63, 3.8) is 0 Å². The Morgan fingerprint density at radius 3 is 2.47 bits per heavy atom. The van der Waals surface area contributed by atoms with Crippen LogP contribution in [0.4, 0.5) is 10.1 Å². The van der Waals surface area contributed by atoms with Crippen molar-refractivity contribution in [3.05, 3.63) is 63.9 Å². The van der Waals surface area contributed by atoms with Crippen LogP contribution in [0.5, 0.6) is 0 Å². The smallest absolute Gasteiger partial charge is 0.256 e. The molecule has 98 valence electrons. The number of amides is 1. The first-order valence-electron chi connectivity index (χ1n) is 5.51. The number of halogens is 3. The van der Waals surface area contributed by atoms with Gasteiger partial charge in [-0.2, -0.15) is 0 Å². The minimum Gasteiger partial charge on any atom is -0.322 e. The van der Waals surface area contributed by atoms with Gasteiger partial charge in [0.2, 0.25) is 0 Å². The number of hydrogen-bond acceptors (Lipinski definition) is 1. The van der Waals surface area contributed by atoms with E-state index >= 15 is 0 Å². The molecule has 0 fully saturated rings. The molecule has 1 amide bonds. The number of carbonyl (C=O) groups excluding carboxylic acids is 1. The summed E-state index contributed by atoms with van der Waals surface area (Å²) in [5.74, 6) is -0.266. The first kappa shape index (κ1) is 14.0. The molecule has 2 rings (SSSR count). The molecule has 0 bridgehead atoms. The molecule has 0 unspecified atom stereocenters. The van der Waals surface area contributed by atoms with Gasteiger partial charge in [0, 0.05) is 16.0 Å². The highest BCUT2D eigenvalue weighted by Gasteiger charge is 2.10. The second-order valence-electron chi connectivity index (χ2n) is 3.91. The van der Waals surface area contributed by atoms with Crippen molar-refractivity contribution in [2.45, 2.75) is 5.88 Å². The predicted molar refractivity (Wildman–Crippen MR) is 78.1 cm³/mol. The number of carbonyl (C=O) groups is 1. The molecule has 0 radical (unpaired) electrons. The first-order chi connectivity index (χ1) is 9.10. The Morgan fingerprint density at radius 2 is 1.89 bits per heavy atom. The standard InChI is InChI=1S/C14H10BrClFNO/c15-13-7-10(17)3-6-12(13)14(19)18-11-4-1-9(8-16)2-5-11/h1-7H,8H2,(H,18,19). The van der Waals surface area contributed by atoms with Crippen LogP contribution in [0.25, 0.3) is 0 Å². The summed E-state index contributed by atoms with van der Waals surface area (Å²) in [6, 6.07) is 11.1. The second-order valence-corrected chi connectivity index (χ2v) is 5.03. The molecule has 2 aromatic rings. The fourth-order valence-corrected chi connectivity index (χ4v) is 2.26. The quantitative estimate of drug-likeness (QED) is 0.813. The third kappa shape index (κ3) is 3.55. The zero-order chi connectivity index (χ0) is 13.8. The normalized spacial score (nSPS) is 10.3. The van der Waals surface area contributed by atoms with Gasteiger partial charge in [-0.05, 0) is 51.8 Å². The van der Waals surface area contributed by atoms with Gasteiger partial charge in [-0.1, -0.05) is 12.1 Å². The number of hydrogen-bond donors (Lipinski definition) is 1. The number of nitrogens with one attached hydrogen (secondary N) is 1. The van der Waals surface area contributed by atoms with E-state index in [0.717, 1.165) is 5.56 Å². The minimum atomic E-state index is -0.394. The maximum absolute atomic E-state index is 12.9. The van der Waals surface area contributed by atoms with Crippen LogP contribution in [0.2, 0.25) is 0 Å². The van der Waals surface area contributed by atoms with Gasteiger partial charge in [0.15, 0.2) is 0 Å². The highest BCUT2D eigenvalue weighted by Crippen LogP contribution is 2.20. The third-order valence-corrected chi connectivity index (χ3v) is 3.51. The van der Waals surface area contributed by atoms with Crippen molar-refractivity contribution in [3.8, 4) is 0 Å². The summed E-state index contributed by atoms with van der Waals surface area (Å²) in [5, 5.41) is 2.74. The van der Waals surface area contributed by atoms with E-state index in [1.165, 1.54) is 18.2 Å². The summed E-state index contributed by atoms with van der Waals surface area (Å²) in [5.41, 5.74) is 2.01. The summed E-state index contributed by atoms with van der Waals surface area (Å²) >= 11 is 8.85. The lowest BCUT2D eigenvalue weighted by Crippen LogP contribution is -2.12. The Labute approximate surface area is 123 Å². The van der Waals surface area contributed by atoms with E-state index < -0.39 is 5.82 Å². The van der Waals surface area contributed by atoms with Crippen LogP contribution in [0.3, 0.4) is 0 Å². The second kappa shape index (κ2) is 6.17. The summed E-state index contributed by atoms with van der Waals surface area (Å²) < 4.78 is 13.4. The SMILES string of the molecule is O=C(Nc1ccc(CCl)cc1)c1ccc(F)cc1Br. The van der Waals surface area contributed by atoms with Crippen LogP contribution >= 0.6 is 27.5 Å². The van der Waals surface area contributed by atoms with Crippen molar-refractivity contribution in [1.29, 1.82) is 0 Å². The van der Waals surface area contributed by atoms with Gasteiger partial charge in [0.25, 0.3) is 5.91 Å². The molecule has 0 aliphatic rings. The summed E-state index contributed by atoms with van der Waals surface area (Å²) in [7, 11) is 0. The molecule has 0 saturated heterocycles. The number of rotatable bonds is 3. The van der Waals surface area contributed by atoms with Gasteiger partial charge in [-0.3, -0.25) is 4.79 Å². The van der Waals surface area contributed by atoms with Gasteiger partial charge < -0.3 is 5.32 Å². The lowest BCUT2D eigenvalue weighted by molar-refractivity contribution is 0.102. The monoisotopic (exact) mass is 341 g/mol. The molecule has 0 spiro atoms. The Balaban J connectivity index is 2.15. The van der Waals surface area contributed by atoms with E-state index in [0.29, 0.717) is 21.6 Å². The van der Waals surface area contributed by atoms with E-state index in [1.807, 2.05) is 12.1 Å². The fourth-order valence-electron chi connectivity index (χ4n) is 1.55. The van der Waals surface area contributed by atoms with Crippen molar-refractivity contribution in [2.75, 3.05) is 5.32 Å². The van der Waals surface area contributed by atoms with Crippen LogP contribution in [0.1, 0.15) is 15.9 Å². The van der Waals surface area contributed by atoms with E-state index in [1.54, 1.807) is 12.1 Å². The van der Waals surface area contributed by atoms with E-state index in [9.17, 15) is 9.18 Å². The van der Waals surface area contributed by atoms with E-state index in [2.05, 4.69) is 21.2 Å². The third-order valence-electron chi connectivity index (χ3n) is 2.54. The number of benzene rings is 2. The van der Waals surface area contributed by atoms with E-state index in [4.69, 9.17) is 11.6 Å². The lowest BCUT2D eigenvalue weighted by Gasteiger charge is -2.07. The summed E-state index contributed by atoms with van der Waals surface area (Å²) in [4.78, 5) is 12.0. The Hall–Kier alpha value is -1.39. The molecule has 0 aromatic heterocycles. The molecule has 2 aromatic carbocycles. The van der Waals surface area contributed by atoms with Crippen LogP contribution < -0.4 is 5.32 Å². The molecule has 19 heavy (non-hydrogen) atoms. The van der Waals surface area contributed by atoms with Crippen LogP contribution in [0, 0.1) is 5.82 Å². The molecule has 0 aliphatic carbocycles. The van der Waals surface area contributed by atoms with Crippen molar-refractivity contribution in [1.82, 2.24) is 0 Å². The minimum absolute atomic E-state index is 0.300. The van der Waals surface area contributed by atoms with Crippen molar-refractivity contribution >= 4 is 39.1 Å². The average molecular weight is 343 g/mol. The molecule has 2 nitrogen and oxygen atoms in total. The first-order valence-corrected chi connectivity index (χ1v) is 6.84. The highest BCUT2D eigenvalue weighted by molar-refractivity contribution is 9.10. The van der Waals surface area contributed by atoms with Crippen LogP contribution in [-0.4, -0.2) is 5.91 Å². The van der Waals surface area contributed by atoms with Gasteiger partial charge in [0.05, 0.1) is 5.56 Å². The zero-order valence-corrected chi connectivity index (χ0v) is 12.1. The average Bonchev–Trinajstić information content (AvgIpc) is 2.39. The lowest BCUT2D eigenvalue weighted by atomic mass is 10.2. The highest BCUT2D eigenvalue weighted by atomic mass is 79.9. The molecular weight excluding hydrogens is 333 g/mol. The van der Waals surface area contributed by atoms with Gasteiger partial charge >= 0.3 is 0 Å². The van der Waals surface area contributed by atoms with E-state index in [-0.39, 0.29) is 5.91 Å².